The van der Waals surface area contributed by atoms with Gasteiger partial charge in [0.2, 0.25) is 10.0 Å². The van der Waals surface area contributed by atoms with Crippen LogP contribution in [-0.4, -0.2) is 47.5 Å². The number of nitrogens with zero attached hydrogens (tertiary/aromatic N) is 3. The van der Waals surface area contributed by atoms with Crippen molar-refractivity contribution in [1.82, 2.24) is 14.1 Å². The molecule has 2 heterocycles. The van der Waals surface area contributed by atoms with E-state index in [2.05, 4.69) is 5.10 Å². The molecule has 2 saturated carbocycles. The second-order valence-corrected chi connectivity index (χ2v) is 9.11. The van der Waals surface area contributed by atoms with Crippen LogP contribution in [0.4, 0.5) is 0 Å². The van der Waals surface area contributed by atoms with Gasteiger partial charge in [-0.05, 0) is 31.6 Å². The molecular formula is C15H23N3O3S. The molecule has 0 aromatic carbocycles. The van der Waals surface area contributed by atoms with E-state index in [0.717, 1.165) is 36.6 Å². The molecule has 0 saturated heterocycles. The lowest BCUT2D eigenvalue weighted by atomic mass is 9.99. The zero-order valence-corrected chi connectivity index (χ0v) is 13.8. The fourth-order valence-electron chi connectivity index (χ4n) is 3.29. The molecule has 1 unspecified atom stereocenters. The standard InChI is InChI=1S/C15H23N3O3S/c1-17-15-12(6-16-17)7-18(22(19,20)14-4-5-14)8-13(15)10-21-9-11-2-3-11/h6,11,13-14H,2-5,7-10H2,1H3. The van der Waals surface area contributed by atoms with Gasteiger partial charge in [0.05, 0.1) is 18.1 Å². The van der Waals surface area contributed by atoms with Crippen molar-refractivity contribution in [2.24, 2.45) is 13.0 Å². The van der Waals surface area contributed by atoms with E-state index in [1.54, 1.807) is 10.5 Å². The number of rotatable bonds is 6. The number of ether oxygens (including phenoxy) is 1. The predicted molar refractivity (Wildman–Crippen MR) is 81.8 cm³/mol. The van der Waals surface area contributed by atoms with E-state index in [0.29, 0.717) is 19.7 Å². The van der Waals surface area contributed by atoms with Gasteiger partial charge in [0.15, 0.2) is 0 Å². The normalized spacial score (nSPS) is 26.1. The quantitative estimate of drug-likeness (QED) is 0.789. The molecule has 1 aromatic rings. The summed E-state index contributed by atoms with van der Waals surface area (Å²) in [5, 5.41) is 4.17. The molecule has 2 aliphatic carbocycles. The molecule has 1 aromatic heterocycles. The molecule has 1 aliphatic heterocycles. The lowest BCUT2D eigenvalue weighted by Crippen LogP contribution is -2.41. The number of aryl methyl sites for hydroxylation is 1. The highest BCUT2D eigenvalue weighted by Gasteiger charge is 2.43. The number of aromatic nitrogens is 2. The molecule has 2 fully saturated rings. The Morgan fingerprint density at radius 2 is 2.05 bits per heavy atom. The van der Waals surface area contributed by atoms with Crippen molar-refractivity contribution in [1.29, 1.82) is 0 Å². The topological polar surface area (TPSA) is 64.4 Å². The summed E-state index contributed by atoms with van der Waals surface area (Å²) in [6.45, 7) is 2.37. The molecule has 0 spiro atoms. The molecule has 1 atom stereocenters. The van der Waals surface area contributed by atoms with E-state index in [1.807, 2.05) is 11.7 Å². The minimum atomic E-state index is -3.14. The first-order valence-corrected chi connectivity index (χ1v) is 9.63. The Hall–Kier alpha value is -0.920. The van der Waals surface area contributed by atoms with Crippen LogP contribution in [0.15, 0.2) is 6.20 Å². The van der Waals surface area contributed by atoms with E-state index < -0.39 is 10.0 Å². The van der Waals surface area contributed by atoms with Crippen LogP contribution in [0.5, 0.6) is 0 Å². The summed E-state index contributed by atoms with van der Waals surface area (Å²) in [6, 6.07) is 0. The van der Waals surface area contributed by atoms with Crippen molar-refractivity contribution < 1.29 is 13.2 Å². The molecule has 7 heteroatoms. The molecule has 0 bridgehead atoms. The monoisotopic (exact) mass is 325 g/mol. The Labute approximate surface area is 131 Å². The van der Waals surface area contributed by atoms with E-state index in [-0.39, 0.29) is 11.2 Å². The molecule has 4 rings (SSSR count). The highest BCUT2D eigenvalue weighted by molar-refractivity contribution is 7.90. The lowest BCUT2D eigenvalue weighted by Gasteiger charge is -2.32. The summed E-state index contributed by atoms with van der Waals surface area (Å²) in [5.74, 6) is 0.810. The Kier molecular flexibility index (Phi) is 3.54. The first kappa shape index (κ1) is 14.7. The first-order chi connectivity index (χ1) is 10.6. The summed E-state index contributed by atoms with van der Waals surface area (Å²) in [7, 11) is -1.22. The lowest BCUT2D eigenvalue weighted by molar-refractivity contribution is 0.0997. The fourth-order valence-corrected chi connectivity index (χ4v) is 5.15. The van der Waals surface area contributed by atoms with E-state index >= 15 is 0 Å². The van der Waals surface area contributed by atoms with Gasteiger partial charge in [-0.3, -0.25) is 4.68 Å². The summed E-state index contributed by atoms with van der Waals surface area (Å²) in [5.41, 5.74) is 2.16. The second kappa shape index (κ2) is 5.32. The molecule has 3 aliphatic rings. The Balaban J connectivity index is 1.53. The van der Waals surface area contributed by atoms with Crippen molar-refractivity contribution in [3.8, 4) is 0 Å². The zero-order valence-electron chi connectivity index (χ0n) is 12.9. The average Bonchev–Trinajstić information content (AvgIpc) is 3.37. The fraction of sp³-hybridized carbons (Fsp3) is 0.800. The third-order valence-corrected chi connectivity index (χ3v) is 7.21. The highest BCUT2D eigenvalue weighted by Crippen LogP contribution is 2.37. The van der Waals surface area contributed by atoms with Crippen LogP contribution in [0.25, 0.3) is 0 Å². The molecule has 0 N–H and O–H groups in total. The first-order valence-electron chi connectivity index (χ1n) is 8.13. The molecule has 0 radical (unpaired) electrons. The predicted octanol–water partition coefficient (Wildman–Crippen LogP) is 1.24. The minimum absolute atomic E-state index is 0.0866. The van der Waals surface area contributed by atoms with Crippen LogP contribution in [-0.2, 0) is 28.4 Å². The van der Waals surface area contributed by atoms with Gasteiger partial charge in [-0.2, -0.15) is 9.40 Å². The van der Waals surface area contributed by atoms with Gasteiger partial charge >= 0.3 is 0 Å². The van der Waals surface area contributed by atoms with Crippen LogP contribution in [0.3, 0.4) is 0 Å². The van der Waals surface area contributed by atoms with Gasteiger partial charge < -0.3 is 4.74 Å². The highest BCUT2D eigenvalue weighted by atomic mass is 32.2. The second-order valence-electron chi connectivity index (χ2n) is 6.89. The minimum Gasteiger partial charge on any atom is -0.380 e. The van der Waals surface area contributed by atoms with Gasteiger partial charge in [-0.15, -0.1) is 0 Å². The van der Waals surface area contributed by atoms with Crippen molar-refractivity contribution in [3.05, 3.63) is 17.5 Å². The Bertz CT molecular complexity index is 662. The van der Waals surface area contributed by atoms with Crippen LogP contribution in [0.1, 0.15) is 42.9 Å². The maximum Gasteiger partial charge on any atom is 0.217 e. The van der Waals surface area contributed by atoms with Crippen LogP contribution >= 0.6 is 0 Å². The number of sulfonamides is 1. The van der Waals surface area contributed by atoms with Gasteiger partial charge in [0.1, 0.15) is 0 Å². The Morgan fingerprint density at radius 3 is 2.73 bits per heavy atom. The van der Waals surface area contributed by atoms with E-state index in [4.69, 9.17) is 4.74 Å². The third kappa shape index (κ3) is 2.70. The van der Waals surface area contributed by atoms with E-state index in [9.17, 15) is 8.42 Å². The summed E-state index contributed by atoms with van der Waals surface area (Å²) < 4.78 is 34.5. The Morgan fingerprint density at radius 1 is 1.27 bits per heavy atom. The largest absolute Gasteiger partial charge is 0.380 e. The van der Waals surface area contributed by atoms with Gasteiger partial charge in [0.25, 0.3) is 0 Å². The van der Waals surface area contributed by atoms with Crippen LogP contribution < -0.4 is 0 Å². The van der Waals surface area contributed by atoms with Crippen molar-refractivity contribution >= 4 is 10.0 Å². The van der Waals surface area contributed by atoms with Crippen molar-refractivity contribution in [2.75, 3.05) is 19.8 Å². The molecular weight excluding hydrogens is 302 g/mol. The van der Waals surface area contributed by atoms with Gasteiger partial charge in [0, 0.05) is 43.9 Å². The SMILES string of the molecule is Cn1ncc2c1C(COCC1CC1)CN(S(=O)(=O)C1CC1)C2. The summed E-state index contributed by atoms with van der Waals surface area (Å²) in [6.07, 6.45) is 5.95. The number of fused-ring (bicyclic) bond motifs is 1. The number of hydrogen-bond acceptors (Lipinski definition) is 4. The maximum atomic E-state index is 12.6. The molecule has 6 nitrogen and oxygen atoms in total. The zero-order chi connectivity index (χ0) is 15.3. The van der Waals surface area contributed by atoms with Gasteiger partial charge in [-0.25, -0.2) is 8.42 Å². The van der Waals surface area contributed by atoms with Crippen molar-refractivity contribution in [2.45, 2.75) is 43.4 Å². The third-order valence-electron chi connectivity index (χ3n) is 4.90. The maximum absolute atomic E-state index is 12.6. The molecule has 0 amide bonds. The van der Waals surface area contributed by atoms with Crippen LogP contribution in [0, 0.1) is 5.92 Å². The number of hydrogen-bond donors (Lipinski definition) is 0. The molecule has 22 heavy (non-hydrogen) atoms. The van der Waals surface area contributed by atoms with Crippen molar-refractivity contribution in [3.63, 3.8) is 0 Å². The summed E-state index contributed by atoms with van der Waals surface area (Å²) in [4.78, 5) is 0. The summed E-state index contributed by atoms with van der Waals surface area (Å²) >= 11 is 0. The van der Waals surface area contributed by atoms with E-state index in [1.165, 1.54) is 12.8 Å². The van der Waals surface area contributed by atoms with Gasteiger partial charge in [-0.1, -0.05) is 0 Å². The smallest absolute Gasteiger partial charge is 0.217 e. The average molecular weight is 325 g/mol. The van der Waals surface area contributed by atoms with Crippen LogP contribution in [0.2, 0.25) is 0 Å². The molecule has 122 valence electrons.